The first-order chi connectivity index (χ1) is 5.74. The molecule has 2 fully saturated rings. The van der Waals surface area contributed by atoms with Gasteiger partial charge < -0.3 is 10.2 Å². The van der Waals surface area contributed by atoms with Gasteiger partial charge in [0, 0.05) is 12.6 Å². The predicted molar refractivity (Wildman–Crippen MR) is 51.2 cm³/mol. The monoisotopic (exact) mass is 168 g/mol. The summed E-state index contributed by atoms with van der Waals surface area (Å²) >= 11 is 0. The van der Waals surface area contributed by atoms with E-state index in [0.717, 1.165) is 6.04 Å². The van der Waals surface area contributed by atoms with Gasteiger partial charge in [-0.2, -0.15) is 0 Å². The fourth-order valence-electron chi connectivity index (χ4n) is 2.98. The molecular weight excluding hydrogens is 148 g/mol. The van der Waals surface area contributed by atoms with Gasteiger partial charge in [-0.25, -0.2) is 0 Å². The van der Waals surface area contributed by atoms with Gasteiger partial charge >= 0.3 is 0 Å². The second kappa shape index (κ2) is 3.00. The minimum absolute atomic E-state index is 0.697. The molecule has 0 aromatic heterocycles. The highest BCUT2D eigenvalue weighted by atomic mass is 15.1. The summed E-state index contributed by atoms with van der Waals surface area (Å²) in [6.07, 6.45) is 5.68. The maximum Gasteiger partial charge on any atom is 0.00700 e. The molecule has 1 spiro atoms. The van der Waals surface area contributed by atoms with E-state index in [0.29, 0.717) is 5.41 Å². The molecule has 2 unspecified atom stereocenters. The molecule has 1 aliphatic heterocycles. The van der Waals surface area contributed by atoms with E-state index in [4.69, 9.17) is 0 Å². The second-order valence-corrected chi connectivity index (χ2v) is 4.72. The molecule has 1 N–H and O–H groups in total. The summed E-state index contributed by atoms with van der Waals surface area (Å²) in [7, 11) is 4.35. The minimum Gasteiger partial charge on any atom is -0.317 e. The van der Waals surface area contributed by atoms with Crippen LogP contribution < -0.4 is 5.32 Å². The van der Waals surface area contributed by atoms with Gasteiger partial charge in [-0.15, -0.1) is 0 Å². The van der Waals surface area contributed by atoms with Crippen LogP contribution >= 0.6 is 0 Å². The van der Waals surface area contributed by atoms with E-state index in [1.165, 1.54) is 38.8 Å². The molecule has 2 aliphatic rings. The van der Waals surface area contributed by atoms with Crippen molar-refractivity contribution < 1.29 is 0 Å². The lowest BCUT2D eigenvalue weighted by Gasteiger charge is -2.22. The maximum atomic E-state index is 3.41. The zero-order valence-corrected chi connectivity index (χ0v) is 8.27. The van der Waals surface area contributed by atoms with E-state index < -0.39 is 0 Å². The van der Waals surface area contributed by atoms with Crippen LogP contribution in [0.2, 0.25) is 0 Å². The number of likely N-dealkylation sites (tertiary alicyclic amines) is 1. The third kappa shape index (κ3) is 1.38. The number of nitrogens with zero attached hydrogens (tertiary/aromatic N) is 1. The van der Waals surface area contributed by atoms with Gasteiger partial charge in [0.25, 0.3) is 0 Å². The Hall–Kier alpha value is -0.0800. The first-order valence-corrected chi connectivity index (χ1v) is 5.10. The van der Waals surface area contributed by atoms with Crippen molar-refractivity contribution in [1.82, 2.24) is 10.2 Å². The van der Waals surface area contributed by atoms with Crippen molar-refractivity contribution in [3.05, 3.63) is 0 Å². The van der Waals surface area contributed by atoms with E-state index in [1.807, 2.05) is 0 Å². The van der Waals surface area contributed by atoms with Crippen molar-refractivity contribution in [2.24, 2.45) is 5.41 Å². The van der Waals surface area contributed by atoms with Crippen molar-refractivity contribution in [1.29, 1.82) is 0 Å². The molecule has 0 aromatic rings. The molecule has 0 bridgehead atoms. The SMILES string of the molecule is CNC1CCC2(CCN(C)C2)C1. The van der Waals surface area contributed by atoms with E-state index >= 15 is 0 Å². The lowest BCUT2D eigenvalue weighted by atomic mass is 9.85. The largest absolute Gasteiger partial charge is 0.317 e. The Labute approximate surface area is 75.3 Å². The van der Waals surface area contributed by atoms with Crippen molar-refractivity contribution in [2.75, 3.05) is 27.2 Å². The topological polar surface area (TPSA) is 15.3 Å². The Morgan fingerprint density at radius 3 is 2.75 bits per heavy atom. The molecule has 1 saturated heterocycles. The molecule has 70 valence electrons. The smallest absolute Gasteiger partial charge is 0.00700 e. The van der Waals surface area contributed by atoms with Gasteiger partial charge in [-0.05, 0) is 51.7 Å². The maximum absolute atomic E-state index is 3.41. The van der Waals surface area contributed by atoms with E-state index in [2.05, 4.69) is 24.3 Å². The van der Waals surface area contributed by atoms with E-state index in [1.54, 1.807) is 0 Å². The molecule has 12 heavy (non-hydrogen) atoms. The molecule has 2 nitrogen and oxygen atoms in total. The fraction of sp³-hybridized carbons (Fsp3) is 1.00. The predicted octanol–water partition coefficient (Wildman–Crippen LogP) is 1.08. The van der Waals surface area contributed by atoms with Gasteiger partial charge in [0.2, 0.25) is 0 Å². The molecule has 2 heteroatoms. The van der Waals surface area contributed by atoms with Crippen LogP contribution in [0, 0.1) is 5.41 Å². The number of hydrogen-bond donors (Lipinski definition) is 1. The fourth-order valence-corrected chi connectivity index (χ4v) is 2.98. The first kappa shape index (κ1) is 8.52. The van der Waals surface area contributed by atoms with E-state index in [9.17, 15) is 0 Å². The molecule has 0 amide bonds. The average molecular weight is 168 g/mol. The van der Waals surface area contributed by atoms with Crippen LogP contribution in [0.5, 0.6) is 0 Å². The summed E-state index contributed by atoms with van der Waals surface area (Å²) in [4.78, 5) is 2.48. The van der Waals surface area contributed by atoms with E-state index in [-0.39, 0.29) is 0 Å². The van der Waals surface area contributed by atoms with Gasteiger partial charge in [0.1, 0.15) is 0 Å². The summed E-state index contributed by atoms with van der Waals surface area (Å²) in [5.41, 5.74) is 0.697. The van der Waals surface area contributed by atoms with Gasteiger partial charge in [-0.1, -0.05) is 0 Å². The first-order valence-electron chi connectivity index (χ1n) is 5.10. The zero-order chi connectivity index (χ0) is 8.60. The number of hydrogen-bond acceptors (Lipinski definition) is 2. The molecule has 1 aliphatic carbocycles. The number of rotatable bonds is 1. The highest BCUT2D eigenvalue weighted by Gasteiger charge is 2.42. The average Bonchev–Trinajstić information content (AvgIpc) is 2.61. The van der Waals surface area contributed by atoms with Crippen LogP contribution in [0.4, 0.5) is 0 Å². The molecule has 2 atom stereocenters. The lowest BCUT2D eigenvalue weighted by Crippen LogP contribution is -2.27. The minimum atomic E-state index is 0.697. The highest BCUT2D eigenvalue weighted by Crippen LogP contribution is 2.44. The van der Waals surface area contributed by atoms with Crippen LogP contribution in [-0.4, -0.2) is 38.1 Å². The summed E-state index contributed by atoms with van der Waals surface area (Å²) in [6.45, 7) is 2.65. The summed E-state index contributed by atoms with van der Waals surface area (Å²) in [5, 5.41) is 3.41. The third-order valence-electron chi connectivity index (χ3n) is 3.74. The van der Waals surface area contributed by atoms with Crippen LogP contribution in [0.25, 0.3) is 0 Å². The molecule has 1 heterocycles. The van der Waals surface area contributed by atoms with Crippen LogP contribution in [0.3, 0.4) is 0 Å². The summed E-state index contributed by atoms with van der Waals surface area (Å²) < 4.78 is 0. The standard InChI is InChI=1S/C10H20N2/c1-11-9-3-4-10(7-9)5-6-12(2)8-10/h9,11H,3-8H2,1-2H3. The van der Waals surface area contributed by atoms with Gasteiger partial charge in [0.05, 0.1) is 0 Å². The summed E-state index contributed by atoms with van der Waals surface area (Å²) in [5.74, 6) is 0. The Morgan fingerprint density at radius 2 is 2.25 bits per heavy atom. The zero-order valence-electron chi connectivity index (χ0n) is 8.27. The molecule has 1 saturated carbocycles. The second-order valence-electron chi connectivity index (χ2n) is 4.72. The van der Waals surface area contributed by atoms with Crippen LogP contribution in [-0.2, 0) is 0 Å². The summed E-state index contributed by atoms with van der Waals surface area (Å²) in [6, 6.07) is 0.802. The van der Waals surface area contributed by atoms with Crippen molar-refractivity contribution >= 4 is 0 Å². The van der Waals surface area contributed by atoms with Gasteiger partial charge in [-0.3, -0.25) is 0 Å². The Bertz CT molecular complexity index is 169. The molecule has 2 rings (SSSR count). The van der Waals surface area contributed by atoms with Gasteiger partial charge in [0.15, 0.2) is 0 Å². The lowest BCUT2D eigenvalue weighted by molar-refractivity contribution is 0.283. The molecule has 0 aromatic carbocycles. The Kier molecular flexibility index (Phi) is 2.13. The van der Waals surface area contributed by atoms with Crippen molar-refractivity contribution in [3.63, 3.8) is 0 Å². The van der Waals surface area contributed by atoms with Crippen molar-refractivity contribution in [3.8, 4) is 0 Å². The van der Waals surface area contributed by atoms with Crippen LogP contribution in [0.1, 0.15) is 25.7 Å². The Morgan fingerprint density at radius 1 is 1.42 bits per heavy atom. The van der Waals surface area contributed by atoms with Crippen LogP contribution in [0.15, 0.2) is 0 Å². The molecule has 0 radical (unpaired) electrons. The Balaban J connectivity index is 1.97. The quantitative estimate of drug-likeness (QED) is 0.630. The normalized spacial score (nSPS) is 43.0. The molecular formula is C10H20N2. The van der Waals surface area contributed by atoms with Crippen molar-refractivity contribution in [2.45, 2.75) is 31.7 Å². The highest BCUT2D eigenvalue weighted by molar-refractivity contribution is 4.97. The third-order valence-corrected chi connectivity index (χ3v) is 3.74. The number of nitrogens with one attached hydrogen (secondary N) is 1.